The fourth-order valence-corrected chi connectivity index (χ4v) is 1.48. The number of hydrogen-bond donors (Lipinski definition) is 2. The highest BCUT2D eigenvalue weighted by atomic mass is 16.5. The summed E-state index contributed by atoms with van der Waals surface area (Å²) in [7, 11) is 1.71. The first-order valence-electron chi connectivity index (χ1n) is 6.27. The van der Waals surface area contributed by atoms with Gasteiger partial charge in [-0.15, -0.1) is 0 Å². The van der Waals surface area contributed by atoms with Gasteiger partial charge in [-0.3, -0.25) is 0 Å². The second-order valence-electron chi connectivity index (χ2n) is 5.37. The van der Waals surface area contributed by atoms with Crippen LogP contribution in [-0.4, -0.2) is 35.8 Å². The molecule has 0 saturated heterocycles. The quantitative estimate of drug-likeness (QED) is 0.762. The van der Waals surface area contributed by atoms with Crippen LogP contribution in [0.25, 0.3) is 0 Å². The maximum atomic E-state index is 5.01. The molecule has 1 aromatic rings. The molecule has 1 heterocycles. The van der Waals surface area contributed by atoms with Crippen LogP contribution in [0.2, 0.25) is 0 Å². The van der Waals surface area contributed by atoms with Crippen molar-refractivity contribution in [3.05, 3.63) is 11.8 Å². The molecule has 0 atom stereocenters. The van der Waals surface area contributed by atoms with Crippen LogP contribution in [0.5, 0.6) is 0 Å². The number of nitrogens with zero attached hydrogens (tertiary/aromatic N) is 2. The maximum absolute atomic E-state index is 5.01. The van der Waals surface area contributed by atoms with Gasteiger partial charge in [-0.25, -0.2) is 4.98 Å². The third-order valence-corrected chi connectivity index (χ3v) is 2.17. The molecule has 0 unspecified atom stereocenters. The minimum Gasteiger partial charge on any atom is -0.385 e. The standard InChI is InChI=1S/C13H24N4O/c1-10-9-11(14-7-6-8-18-5)16-12(15-10)17-13(2,3)4/h9H,6-8H2,1-5H3,(H2,14,15,16,17). The summed E-state index contributed by atoms with van der Waals surface area (Å²) >= 11 is 0. The molecule has 0 bridgehead atoms. The van der Waals surface area contributed by atoms with Crippen molar-refractivity contribution >= 4 is 11.8 Å². The van der Waals surface area contributed by atoms with Crippen molar-refractivity contribution in [3.8, 4) is 0 Å². The molecule has 1 rings (SSSR count). The molecule has 0 aliphatic heterocycles. The molecule has 5 heteroatoms. The normalized spacial score (nSPS) is 11.4. The Labute approximate surface area is 109 Å². The minimum atomic E-state index is -0.0406. The van der Waals surface area contributed by atoms with E-state index >= 15 is 0 Å². The lowest BCUT2D eigenvalue weighted by atomic mass is 10.1. The van der Waals surface area contributed by atoms with E-state index in [2.05, 4.69) is 41.4 Å². The van der Waals surface area contributed by atoms with Crippen molar-refractivity contribution in [3.63, 3.8) is 0 Å². The van der Waals surface area contributed by atoms with Crippen molar-refractivity contribution in [1.82, 2.24) is 9.97 Å². The Balaban J connectivity index is 2.63. The highest BCUT2D eigenvalue weighted by molar-refractivity contribution is 5.42. The van der Waals surface area contributed by atoms with Crippen LogP contribution in [0, 0.1) is 6.92 Å². The molecule has 0 aliphatic rings. The molecule has 0 fully saturated rings. The average Bonchev–Trinajstić information content (AvgIpc) is 2.21. The molecule has 0 aromatic carbocycles. The van der Waals surface area contributed by atoms with Crippen LogP contribution in [-0.2, 0) is 4.74 Å². The van der Waals surface area contributed by atoms with Crippen molar-refractivity contribution < 1.29 is 4.74 Å². The topological polar surface area (TPSA) is 59.1 Å². The fourth-order valence-electron chi connectivity index (χ4n) is 1.48. The summed E-state index contributed by atoms with van der Waals surface area (Å²) in [5, 5.41) is 6.55. The molecular formula is C13H24N4O. The molecule has 0 aliphatic carbocycles. The first kappa shape index (κ1) is 14.7. The van der Waals surface area contributed by atoms with Gasteiger partial charge in [-0.2, -0.15) is 4.98 Å². The Morgan fingerprint density at radius 1 is 1.28 bits per heavy atom. The maximum Gasteiger partial charge on any atom is 0.225 e. The summed E-state index contributed by atoms with van der Waals surface area (Å²) in [6, 6.07) is 1.95. The average molecular weight is 252 g/mol. The SMILES string of the molecule is COCCCNc1cc(C)nc(NC(C)(C)C)n1. The van der Waals surface area contributed by atoms with E-state index in [-0.39, 0.29) is 5.54 Å². The number of aryl methyl sites for hydroxylation is 1. The molecule has 0 saturated carbocycles. The number of anilines is 2. The highest BCUT2D eigenvalue weighted by Gasteiger charge is 2.12. The number of hydrogen-bond acceptors (Lipinski definition) is 5. The molecular weight excluding hydrogens is 228 g/mol. The smallest absolute Gasteiger partial charge is 0.225 e. The second-order valence-corrected chi connectivity index (χ2v) is 5.37. The lowest BCUT2D eigenvalue weighted by Crippen LogP contribution is -2.27. The Kier molecular flexibility index (Phi) is 5.34. The van der Waals surface area contributed by atoms with Crippen LogP contribution in [0.4, 0.5) is 11.8 Å². The number of methoxy groups -OCH3 is 1. The number of nitrogens with one attached hydrogen (secondary N) is 2. The summed E-state index contributed by atoms with van der Waals surface area (Å²) in [6.45, 7) is 9.83. The molecule has 0 spiro atoms. The third kappa shape index (κ3) is 5.82. The zero-order valence-corrected chi connectivity index (χ0v) is 12.0. The van der Waals surface area contributed by atoms with E-state index in [1.807, 2.05) is 13.0 Å². The number of ether oxygens (including phenoxy) is 1. The summed E-state index contributed by atoms with van der Waals surface area (Å²) in [6.07, 6.45) is 0.960. The lowest BCUT2D eigenvalue weighted by Gasteiger charge is -2.21. The van der Waals surface area contributed by atoms with Crippen molar-refractivity contribution in [2.24, 2.45) is 0 Å². The Morgan fingerprint density at radius 2 is 2.00 bits per heavy atom. The molecule has 0 radical (unpaired) electrons. The predicted octanol–water partition coefficient (Wildman–Crippen LogP) is 2.44. The van der Waals surface area contributed by atoms with Gasteiger partial charge in [0.15, 0.2) is 0 Å². The van der Waals surface area contributed by atoms with Gasteiger partial charge in [0.1, 0.15) is 5.82 Å². The number of rotatable bonds is 6. The lowest BCUT2D eigenvalue weighted by molar-refractivity contribution is 0.198. The molecule has 18 heavy (non-hydrogen) atoms. The van der Waals surface area contributed by atoms with Crippen LogP contribution in [0.15, 0.2) is 6.07 Å². The van der Waals surface area contributed by atoms with E-state index in [9.17, 15) is 0 Å². The highest BCUT2D eigenvalue weighted by Crippen LogP contribution is 2.14. The van der Waals surface area contributed by atoms with Crippen LogP contribution in [0.3, 0.4) is 0 Å². The van der Waals surface area contributed by atoms with E-state index < -0.39 is 0 Å². The van der Waals surface area contributed by atoms with Crippen molar-refractivity contribution in [2.75, 3.05) is 30.9 Å². The van der Waals surface area contributed by atoms with Gasteiger partial charge >= 0.3 is 0 Å². The van der Waals surface area contributed by atoms with Crippen LogP contribution < -0.4 is 10.6 Å². The first-order chi connectivity index (χ1) is 8.40. The predicted molar refractivity (Wildman–Crippen MR) is 75.1 cm³/mol. The van der Waals surface area contributed by atoms with Crippen molar-refractivity contribution in [1.29, 1.82) is 0 Å². The van der Waals surface area contributed by atoms with Gasteiger partial charge in [-0.05, 0) is 34.1 Å². The first-order valence-corrected chi connectivity index (χ1v) is 6.27. The monoisotopic (exact) mass is 252 g/mol. The number of aromatic nitrogens is 2. The molecule has 0 amide bonds. The van der Waals surface area contributed by atoms with Crippen molar-refractivity contribution in [2.45, 2.75) is 39.7 Å². The van der Waals surface area contributed by atoms with E-state index in [4.69, 9.17) is 4.74 Å². The zero-order chi connectivity index (χ0) is 13.6. The summed E-state index contributed by atoms with van der Waals surface area (Å²) in [5.74, 6) is 1.52. The molecule has 2 N–H and O–H groups in total. The van der Waals surface area contributed by atoms with Crippen LogP contribution in [0.1, 0.15) is 32.9 Å². The third-order valence-electron chi connectivity index (χ3n) is 2.17. The largest absolute Gasteiger partial charge is 0.385 e. The second kappa shape index (κ2) is 6.54. The van der Waals surface area contributed by atoms with Gasteiger partial charge in [-0.1, -0.05) is 0 Å². The summed E-state index contributed by atoms with van der Waals surface area (Å²) in [5.41, 5.74) is 0.909. The summed E-state index contributed by atoms with van der Waals surface area (Å²) < 4.78 is 5.01. The van der Waals surface area contributed by atoms with Crippen LogP contribution >= 0.6 is 0 Å². The minimum absolute atomic E-state index is 0.0406. The van der Waals surface area contributed by atoms with Gasteiger partial charge in [0, 0.05) is 37.6 Å². The van der Waals surface area contributed by atoms with E-state index in [1.165, 1.54) is 0 Å². The molecule has 102 valence electrons. The van der Waals surface area contributed by atoms with E-state index in [1.54, 1.807) is 7.11 Å². The Morgan fingerprint density at radius 3 is 2.61 bits per heavy atom. The zero-order valence-electron chi connectivity index (χ0n) is 12.0. The molecule has 1 aromatic heterocycles. The summed E-state index contributed by atoms with van der Waals surface area (Å²) in [4.78, 5) is 8.82. The van der Waals surface area contributed by atoms with E-state index in [0.29, 0.717) is 5.95 Å². The fraction of sp³-hybridized carbons (Fsp3) is 0.692. The van der Waals surface area contributed by atoms with Gasteiger partial charge in [0.05, 0.1) is 0 Å². The van der Waals surface area contributed by atoms with Gasteiger partial charge in [0.2, 0.25) is 5.95 Å². The molecule has 5 nitrogen and oxygen atoms in total. The Bertz CT molecular complexity index is 374. The van der Waals surface area contributed by atoms with E-state index in [0.717, 1.165) is 31.1 Å². The Hall–Kier alpha value is -1.36. The van der Waals surface area contributed by atoms with Gasteiger partial charge < -0.3 is 15.4 Å². The van der Waals surface area contributed by atoms with Gasteiger partial charge in [0.25, 0.3) is 0 Å².